The first-order chi connectivity index (χ1) is 14.8. The van der Waals surface area contributed by atoms with E-state index in [2.05, 4.69) is 25.3 Å². The Morgan fingerprint density at radius 1 is 1.00 bits per heavy atom. The summed E-state index contributed by atoms with van der Waals surface area (Å²) in [7, 11) is 1.88. The Balaban J connectivity index is 1.97. The molecule has 2 aromatic rings. The number of aliphatic hydroxyl groups excluding tert-OH is 1. The maximum Gasteiger partial charge on any atom is 0.136 e. The minimum Gasteiger partial charge on any atom is -0.498 e. The summed E-state index contributed by atoms with van der Waals surface area (Å²) in [5.74, 6) is 1.43. The van der Waals surface area contributed by atoms with E-state index in [1.165, 1.54) is 5.57 Å². The molecule has 31 heavy (non-hydrogen) atoms. The van der Waals surface area contributed by atoms with Crippen LogP contribution in [-0.4, -0.2) is 34.0 Å². The molecule has 2 rings (SSSR count). The summed E-state index contributed by atoms with van der Waals surface area (Å²) in [6.07, 6.45) is 2.83. The van der Waals surface area contributed by atoms with Crippen LogP contribution in [0.3, 0.4) is 0 Å². The van der Waals surface area contributed by atoms with Crippen molar-refractivity contribution in [3.63, 3.8) is 0 Å². The number of methoxy groups -OCH3 is 2. The molecule has 1 N–H and O–H groups in total. The summed E-state index contributed by atoms with van der Waals surface area (Å²) in [6, 6.07) is 17.5. The third-order valence-corrected chi connectivity index (χ3v) is 6.09. The Morgan fingerprint density at radius 2 is 1.68 bits per heavy atom. The molecule has 5 heteroatoms. The molecule has 0 saturated carbocycles. The Morgan fingerprint density at radius 3 is 2.26 bits per heavy atom. The fourth-order valence-electron chi connectivity index (χ4n) is 3.30. The number of hydrogen-bond donors (Lipinski definition) is 1. The quantitative estimate of drug-likeness (QED) is 0.248. The van der Waals surface area contributed by atoms with Gasteiger partial charge in [-0.1, -0.05) is 73.4 Å². The van der Waals surface area contributed by atoms with Gasteiger partial charge < -0.3 is 19.3 Å². The van der Waals surface area contributed by atoms with Crippen LogP contribution in [0, 0.1) is 0 Å². The van der Waals surface area contributed by atoms with Gasteiger partial charge in [-0.2, -0.15) is 0 Å². The van der Waals surface area contributed by atoms with Gasteiger partial charge >= 0.3 is 0 Å². The summed E-state index contributed by atoms with van der Waals surface area (Å²) in [4.78, 5) is 0. The normalized spacial score (nSPS) is 13.7. The largest absolute Gasteiger partial charge is 0.498 e. The summed E-state index contributed by atoms with van der Waals surface area (Å²) < 4.78 is 16.6. The van der Waals surface area contributed by atoms with Gasteiger partial charge in [-0.3, -0.25) is 0 Å². The van der Waals surface area contributed by atoms with Crippen LogP contribution in [0.1, 0.15) is 30.1 Å². The third-order valence-electron chi connectivity index (χ3n) is 4.82. The van der Waals surface area contributed by atoms with Gasteiger partial charge in [-0.05, 0) is 42.2 Å². The molecule has 0 heterocycles. The van der Waals surface area contributed by atoms with Crippen molar-refractivity contribution in [2.75, 3.05) is 20.8 Å². The first-order valence-corrected chi connectivity index (χ1v) is 14.3. The molecule has 0 fully saturated rings. The number of benzene rings is 2. The van der Waals surface area contributed by atoms with Gasteiger partial charge in [0.25, 0.3) is 0 Å². The molecule has 0 radical (unpaired) electrons. The zero-order valence-electron chi connectivity index (χ0n) is 19.4. The number of allylic oxidation sites excluding steroid dienone is 1. The molecule has 1 unspecified atom stereocenters. The molecule has 1 atom stereocenters. The highest BCUT2D eigenvalue weighted by Crippen LogP contribution is 2.24. The van der Waals surface area contributed by atoms with Crippen molar-refractivity contribution in [1.82, 2.24) is 0 Å². The number of aliphatic hydroxyl groups is 1. The van der Waals surface area contributed by atoms with E-state index in [4.69, 9.17) is 14.2 Å². The SMILES string of the molecule is CO/C(=C\C/C(=C/[Si](C)(C)C)CCOCc1ccc(OC)cc1)C(O)c1ccccc1. The Labute approximate surface area is 188 Å². The van der Waals surface area contributed by atoms with Crippen molar-refractivity contribution >= 4 is 8.07 Å². The molecule has 0 spiro atoms. The average Bonchev–Trinajstić information content (AvgIpc) is 2.76. The zero-order chi connectivity index (χ0) is 22.7. The summed E-state index contributed by atoms with van der Waals surface area (Å²) >= 11 is 0. The molecule has 168 valence electrons. The Kier molecular flexibility index (Phi) is 10.0. The molecule has 0 aliphatic heterocycles. The number of ether oxygens (including phenoxy) is 3. The third kappa shape index (κ3) is 9.13. The number of hydrogen-bond acceptors (Lipinski definition) is 4. The highest BCUT2D eigenvalue weighted by molar-refractivity contribution is 6.81. The van der Waals surface area contributed by atoms with Crippen LogP contribution in [0.5, 0.6) is 5.75 Å². The topological polar surface area (TPSA) is 47.9 Å². The van der Waals surface area contributed by atoms with Crippen molar-refractivity contribution in [3.8, 4) is 5.75 Å². The molecular weight excluding hydrogens is 404 g/mol. The van der Waals surface area contributed by atoms with E-state index in [1.807, 2.05) is 60.7 Å². The van der Waals surface area contributed by atoms with E-state index in [0.717, 1.165) is 29.7 Å². The summed E-state index contributed by atoms with van der Waals surface area (Å²) in [5.41, 5.74) is 5.70. The van der Waals surface area contributed by atoms with Gasteiger partial charge in [0, 0.05) is 0 Å². The van der Waals surface area contributed by atoms with Crippen molar-refractivity contribution in [1.29, 1.82) is 0 Å². The molecule has 2 aromatic carbocycles. The van der Waals surface area contributed by atoms with Crippen LogP contribution in [0.25, 0.3) is 0 Å². The molecule has 0 amide bonds. The summed E-state index contributed by atoms with van der Waals surface area (Å²) in [6.45, 7) is 8.21. The second kappa shape index (κ2) is 12.5. The van der Waals surface area contributed by atoms with E-state index < -0.39 is 14.2 Å². The monoisotopic (exact) mass is 440 g/mol. The highest BCUT2D eigenvalue weighted by atomic mass is 28.3. The Bertz CT molecular complexity index is 836. The standard InChI is InChI=1S/C26H36O4Si/c1-28-24-14-11-21(12-15-24)19-30-18-17-22(20-31(3,4)5)13-16-25(29-2)26(27)23-9-7-6-8-10-23/h6-12,14-16,20,26-27H,13,17-19H2,1-5H3/b22-20-,25-16-. The fraction of sp³-hybridized carbons (Fsp3) is 0.385. The zero-order valence-corrected chi connectivity index (χ0v) is 20.4. The second-order valence-corrected chi connectivity index (χ2v) is 13.7. The van der Waals surface area contributed by atoms with Crippen LogP contribution in [0.15, 0.2) is 77.7 Å². The molecule has 0 aromatic heterocycles. The van der Waals surface area contributed by atoms with Gasteiger partial charge in [-0.25, -0.2) is 0 Å². The van der Waals surface area contributed by atoms with E-state index >= 15 is 0 Å². The van der Waals surface area contributed by atoms with Gasteiger partial charge in [0.1, 0.15) is 17.6 Å². The molecule has 0 aliphatic rings. The van der Waals surface area contributed by atoms with Crippen molar-refractivity contribution < 1.29 is 19.3 Å². The van der Waals surface area contributed by atoms with E-state index in [1.54, 1.807) is 14.2 Å². The molecule has 0 aliphatic carbocycles. The van der Waals surface area contributed by atoms with Gasteiger partial charge in [0.15, 0.2) is 0 Å². The highest BCUT2D eigenvalue weighted by Gasteiger charge is 2.15. The van der Waals surface area contributed by atoms with Crippen LogP contribution in [-0.2, 0) is 16.1 Å². The molecule has 4 nitrogen and oxygen atoms in total. The minimum atomic E-state index is -1.39. The first kappa shape index (κ1) is 24.9. The van der Waals surface area contributed by atoms with Crippen molar-refractivity contribution in [3.05, 3.63) is 88.8 Å². The predicted molar refractivity (Wildman–Crippen MR) is 130 cm³/mol. The lowest BCUT2D eigenvalue weighted by Gasteiger charge is -2.17. The lowest BCUT2D eigenvalue weighted by molar-refractivity contribution is 0.123. The van der Waals surface area contributed by atoms with E-state index in [0.29, 0.717) is 19.0 Å². The van der Waals surface area contributed by atoms with Crippen LogP contribution in [0.2, 0.25) is 19.6 Å². The van der Waals surface area contributed by atoms with E-state index in [-0.39, 0.29) is 0 Å². The summed E-state index contributed by atoms with van der Waals surface area (Å²) in [5, 5.41) is 10.7. The smallest absolute Gasteiger partial charge is 0.136 e. The Hall–Kier alpha value is -2.34. The van der Waals surface area contributed by atoms with Crippen molar-refractivity contribution in [2.24, 2.45) is 0 Å². The first-order valence-electron chi connectivity index (χ1n) is 10.7. The lowest BCUT2D eigenvalue weighted by atomic mass is 10.1. The van der Waals surface area contributed by atoms with Crippen LogP contribution < -0.4 is 4.74 Å². The lowest BCUT2D eigenvalue weighted by Crippen LogP contribution is -2.17. The van der Waals surface area contributed by atoms with Gasteiger partial charge in [0.05, 0.1) is 35.5 Å². The molecule has 0 bridgehead atoms. The van der Waals surface area contributed by atoms with Crippen LogP contribution >= 0.6 is 0 Å². The minimum absolute atomic E-state index is 0.576. The average molecular weight is 441 g/mol. The molecular formula is C26H36O4Si. The predicted octanol–water partition coefficient (Wildman–Crippen LogP) is 6.06. The number of rotatable bonds is 12. The van der Waals surface area contributed by atoms with Gasteiger partial charge in [0.2, 0.25) is 0 Å². The molecule has 0 saturated heterocycles. The second-order valence-electron chi connectivity index (χ2n) is 8.65. The maximum atomic E-state index is 10.7. The maximum absolute atomic E-state index is 10.7. The fourth-order valence-corrected chi connectivity index (χ4v) is 4.79. The van der Waals surface area contributed by atoms with E-state index in [9.17, 15) is 5.11 Å². The van der Waals surface area contributed by atoms with Crippen LogP contribution in [0.4, 0.5) is 0 Å². The van der Waals surface area contributed by atoms with Gasteiger partial charge in [-0.15, -0.1) is 0 Å². The van der Waals surface area contributed by atoms with Crippen molar-refractivity contribution in [2.45, 2.75) is 45.2 Å².